The van der Waals surface area contributed by atoms with E-state index in [2.05, 4.69) is 131 Å². The van der Waals surface area contributed by atoms with Crippen molar-refractivity contribution < 1.29 is 24.5 Å². The van der Waals surface area contributed by atoms with Gasteiger partial charge >= 0.3 is 0 Å². The van der Waals surface area contributed by atoms with E-state index in [1.54, 1.807) is 0 Å². The van der Waals surface area contributed by atoms with E-state index in [4.69, 9.17) is 14.4 Å². The summed E-state index contributed by atoms with van der Waals surface area (Å²) in [6.45, 7) is 13.4. The van der Waals surface area contributed by atoms with Crippen molar-refractivity contribution in [2.75, 3.05) is 0 Å². The molecule has 0 bridgehead atoms. The summed E-state index contributed by atoms with van der Waals surface area (Å²) < 4.78 is 6.62. The zero-order chi connectivity index (χ0) is 39.5. The van der Waals surface area contributed by atoms with Gasteiger partial charge in [0.1, 0.15) is 0 Å². The van der Waals surface area contributed by atoms with Crippen molar-refractivity contribution in [1.82, 2.24) is 15.0 Å². The van der Waals surface area contributed by atoms with Gasteiger partial charge in [-0.1, -0.05) is 124 Å². The summed E-state index contributed by atoms with van der Waals surface area (Å²) in [6.07, 6.45) is 10.5. The number of fused-ring (bicyclic) bond motifs is 3. The Morgan fingerprint density at radius 1 is 0.672 bits per heavy atom. The molecule has 4 heterocycles. The molecule has 5 heteroatoms. The zero-order valence-corrected chi connectivity index (χ0v) is 36.8. The monoisotopic (exact) mass is 938 g/mol. The second-order valence-corrected chi connectivity index (χ2v) is 16.2. The molecule has 295 valence electrons. The largest absolute Gasteiger partial charge is 0.486 e. The van der Waals surface area contributed by atoms with E-state index >= 15 is 0 Å². The molecule has 1 fully saturated rings. The summed E-state index contributed by atoms with van der Waals surface area (Å²) >= 11 is 0. The summed E-state index contributed by atoms with van der Waals surface area (Å²) in [5.41, 5.74) is 16.5. The predicted octanol–water partition coefficient (Wildman–Crippen LogP) is 14.6. The molecule has 1 aliphatic carbocycles. The van der Waals surface area contributed by atoms with Crippen molar-refractivity contribution in [3.63, 3.8) is 0 Å². The van der Waals surface area contributed by atoms with Gasteiger partial charge < -0.3 is 14.4 Å². The van der Waals surface area contributed by atoms with Crippen molar-refractivity contribution in [2.24, 2.45) is 0 Å². The molecule has 0 saturated heterocycles. The van der Waals surface area contributed by atoms with Gasteiger partial charge in [0, 0.05) is 43.4 Å². The number of hydrogen-bond donors (Lipinski definition) is 0. The van der Waals surface area contributed by atoms with Gasteiger partial charge in [-0.2, -0.15) is 0 Å². The fourth-order valence-electron chi connectivity index (χ4n) is 8.55. The van der Waals surface area contributed by atoms with E-state index in [1.165, 1.54) is 76.6 Å². The van der Waals surface area contributed by atoms with Crippen LogP contribution in [-0.2, 0) is 20.1 Å². The molecule has 4 aromatic carbocycles. The number of aromatic nitrogens is 3. The Hall–Kier alpha value is -5.22. The summed E-state index contributed by atoms with van der Waals surface area (Å²) in [6, 6.07) is 44.5. The smallest absolute Gasteiger partial charge is 0.216 e. The molecule has 58 heavy (non-hydrogen) atoms. The maximum atomic E-state index is 6.62. The summed E-state index contributed by atoms with van der Waals surface area (Å²) in [7, 11) is 0. The van der Waals surface area contributed by atoms with Crippen LogP contribution < -0.4 is 0 Å². The molecule has 0 aliphatic heterocycles. The third-order valence-electron chi connectivity index (χ3n) is 11.5. The maximum Gasteiger partial charge on any atom is 0.216 e. The van der Waals surface area contributed by atoms with Crippen LogP contribution in [0.1, 0.15) is 105 Å². The molecule has 8 aromatic rings. The van der Waals surface area contributed by atoms with E-state index in [0.29, 0.717) is 23.5 Å². The molecule has 0 unspecified atom stereocenters. The zero-order valence-electron chi connectivity index (χ0n) is 34.4. The molecule has 4 nitrogen and oxygen atoms in total. The molecule has 9 rings (SSSR count). The second kappa shape index (κ2) is 18.1. The SMILES string of the molecule is Cc1cc(-c2[c-]ccc3c2oc2nc(-c4c(C(C)C)ccc(-c5ccccc5)c4C(C)C)ccc23)ncc1C1CCCCC1.Cc1ccc(-c2[c-]cccc2)nc1.[Ir]. The van der Waals surface area contributed by atoms with Crippen LogP contribution in [0.3, 0.4) is 0 Å². The Morgan fingerprint density at radius 3 is 2.12 bits per heavy atom. The van der Waals surface area contributed by atoms with Crippen LogP contribution in [0.25, 0.3) is 67.0 Å². The quantitative estimate of drug-likeness (QED) is 0.149. The Bertz CT molecular complexity index is 2620. The first-order chi connectivity index (χ1) is 27.8. The molecule has 1 saturated carbocycles. The van der Waals surface area contributed by atoms with Crippen LogP contribution in [0.15, 0.2) is 126 Å². The number of furan rings is 1. The minimum atomic E-state index is 0. The molecule has 4 aromatic heterocycles. The van der Waals surface area contributed by atoms with Gasteiger partial charge in [0.25, 0.3) is 0 Å². The van der Waals surface area contributed by atoms with Gasteiger partial charge in [0.05, 0.1) is 11.3 Å². The number of rotatable bonds is 7. The predicted molar refractivity (Wildman–Crippen MR) is 236 cm³/mol. The average molecular weight is 938 g/mol. The Labute approximate surface area is 357 Å². The van der Waals surface area contributed by atoms with Crippen molar-refractivity contribution in [3.05, 3.63) is 162 Å². The fraction of sp³-hybridized carbons (Fsp3) is 0.264. The Kier molecular flexibility index (Phi) is 12.8. The van der Waals surface area contributed by atoms with E-state index in [0.717, 1.165) is 44.6 Å². The Balaban J connectivity index is 0.000000311. The van der Waals surface area contributed by atoms with Gasteiger partial charge in [-0.05, 0) is 101 Å². The van der Waals surface area contributed by atoms with E-state index in [-0.39, 0.29) is 20.1 Å². The van der Waals surface area contributed by atoms with E-state index in [1.807, 2.05) is 49.5 Å². The first-order valence-electron chi connectivity index (χ1n) is 20.6. The topological polar surface area (TPSA) is 51.8 Å². The molecular weight excluding hydrogens is 887 g/mol. The maximum absolute atomic E-state index is 6.62. The van der Waals surface area contributed by atoms with Gasteiger partial charge in [-0.15, -0.1) is 54.1 Å². The molecule has 0 atom stereocenters. The number of hydrogen-bond acceptors (Lipinski definition) is 4. The Morgan fingerprint density at radius 2 is 1.43 bits per heavy atom. The van der Waals surface area contributed by atoms with Crippen LogP contribution in [0, 0.1) is 26.0 Å². The number of benzene rings is 4. The molecule has 0 N–H and O–H groups in total. The first kappa shape index (κ1) is 41.0. The van der Waals surface area contributed by atoms with Crippen molar-refractivity contribution in [1.29, 1.82) is 0 Å². The van der Waals surface area contributed by atoms with Gasteiger partial charge in [-0.25, -0.2) is 4.98 Å². The average Bonchev–Trinajstić information content (AvgIpc) is 3.63. The molecule has 0 spiro atoms. The van der Waals surface area contributed by atoms with Crippen molar-refractivity contribution in [2.45, 2.75) is 91.4 Å². The van der Waals surface area contributed by atoms with Crippen LogP contribution in [-0.4, -0.2) is 15.0 Å². The summed E-state index contributed by atoms with van der Waals surface area (Å²) in [4.78, 5) is 14.5. The van der Waals surface area contributed by atoms with Crippen LogP contribution >= 0.6 is 0 Å². The van der Waals surface area contributed by atoms with E-state index in [9.17, 15) is 0 Å². The molecule has 0 amide bonds. The van der Waals surface area contributed by atoms with Gasteiger partial charge in [-0.3, -0.25) is 0 Å². The third-order valence-corrected chi connectivity index (χ3v) is 11.5. The standard InChI is InChI=1S/C41H41N2O.C12H10N.Ir/c1-25(2)30-19-20-31(28-13-8-6-9-14-28)38(26(3)4)39(30)36-22-21-33-32-17-12-18-34(40(32)44-41(33)43-36)37-23-27(5)35(24-42-37)29-15-10-7-11-16-29;1-10-7-8-12(13-9-10)11-5-3-2-4-6-11;/h6,8-9,12-14,17,19-26,29H,7,10-11,15-16H2,1-5H3;2-5,7-9H,1H3;/q2*-1;. The number of nitrogens with zero attached hydrogens (tertiary/aromatic N) is 3. The van der Waals surface area contributed by atoms with Crippen LogP contribution in [0.5, 0.6) is 0 Å². The minimum Gasteiger partial charge on any atom is -0.486 e. The summed E-state index contributed by atoms with van der Waals surface area (Å²) in [5, 5.41) is 2.07. The van der Waals surface area contributed by atoms with E-state index < -0.39 is 0 Å². The number of aryl methyl sites for hydroxylation is 2. The second-order valence-electron chi connectivity index (χ2n) is 16.2. The first-order valence-corrected chi connectivity index (χ1v) is 20.6. The fourth-order valence-corrected chi connectivity index (χ4v) is 8.55. The minimum absolute atomic E-state index is 0. The van der Waals surface area contributed by atoms with Crippen molar-refractivity contribution >= 4 is 22.1 Å². The van der Waals surface area contributed by atoms with Gasteiger partial charge in [0.2, 0.25) is 5.71 Å². The molecule has 1 radical (unpaired) electrons. The van der Waals surface area contributed by atoms with Crippen molar-refractivity contribution in [3.8, 4) is 44.9 Å². The van der Waals surface area contributed by atoms with Gasteiger partial charge in [0.15, 0.2) is 0 Å². The summed E-state index contributed by atoms with van der Waals surface area (Å²) in [5.74, 6) is 1.30. The van der Waals surface area contributed by atoms with Crippen LogP contribution in [0.4, 0.5) is 0 Å². The number of pyridine rings is 3. The molecule has 1 aliphatic rings. The molecular formula is C53H51IrN3O-2. The normalized spacial score (nSPS) is 13.1. The van der Waals surface area contributed by atoms with Crippen LogP contribution in [0.2, 0.25) is 0 Å². The third kappa shape index (κ3) is 8.48.